The van der Waals surface area contributed by atoms with E-state index >= 15 is 0 Å². The minimum atomic E-state index is -0.590. The molecule has 2 amide bonds. The van der Waals surface area contributed by atoms with Crippen molar-refractivity contribution in [2.75, 3.05) is 19.0 Å². The summed E-state index contributed by atoms with van der Waals surface area (Å²) in [6.07, 6.45) is 3.66. The minimum Gasteiger partial charge on any atom is -0.493 e. The maximum absolute atomic E-state index is 12.6. The van der Waals surface area contributed by atoms with Crippen LogP contribution in [0.1, 0.15) is 32.6 Å². The Kier molecular flexibility index (Phi) is 7.51. The van der Waals surface area contributed by atoms with Crippen molar-refractivity contribution in [2.24, 2.45) is 17.4 Å². The van der Waals surface area contributed by atoms with Crippen LogP contribution in [0.2, 0.25) is 0 Å². The van der Waals surface area contributed by atoms with Crippen LogP contribution in [0.3, 0.4) is 0 Å². The van der Waals surface area contributed by atoms with Crippen LogP contribution in [-0.4, -0.2) is 31.1 Å². The number of primary amides is 1. The molecule has 5 N–H and O–H groups in total. The second-order valence-electron chi connectivity index (χ2n) is 6.41. The molecule has 1 aliphatic carbocycles. The lowest BCUT2D eigenvalue weighted by Gasteiger charge is -2.37. The van der Waals surface area contributed by atoms with E-state index in [2.05, 4.69) is 5.32 Å². The highest BCUT2D eigenvalue weighted by Crippen LogP contribution is 2.34. The number of benzene rings is 1. The van der Waals surface area contributed by atoms with Crippen LogP contribution < -0.4 is 26.3 Å². The smallest absolute Gasteiger partial charge is 0.255 e. The Labute approximate surface area is 153 Å². The average Bonchev–Trinajstić information content (AvgIpc) is 2.52. The summed E-state index contributed by atoms with van der Waals surface area (Å²) in [5.41, 5.74) is 11.4. The van der Waals surface area contributed by atoms with Gasteiger partial charge in [-0.15, -0.1) is 12.4 Å². The molecule has 25 heavy (non-hydrogen) atoms. The van der Waals surface area contributed by atoms with Crippen molar-refractivity contribution in [1.29, 1.82) is 0 Å². The van der Waals surface area contributed by atoms with Gasteiger partial charge in [-0.3, -0.25) is 9.59 Å². The Bertz CT molecular complexity index is 622. The molecule has 0 spiro atoms. The Morgan fingerprint density at radius 3 is 2.64 bits per heavy atom. The van der Waals surface area contributed by atoms with Crippen LogP contribution >= 0.6 is 12.4 Å². The Balaban J connectivity index is 0.00000312. The molecule has 0 aromatic heterocycles. The molecule has 0 saturated heterocycles. The van der Waals surface area contributed by atoms with Gasteiger partial charge in [0.25, 0.3) is 5.91 Å². The van der Waals surface area contributed by atoms with Gasteiger partial charge in [-0.25, -0.2) is 0 Å². The van der Waals surface area contributed by atoms with E-state index in [1.807, 2.05) is 6.92 Å². The molecule has 0 heterocycles. The number of nitrogens with two attached hydrogens (primary N) is 2. The van der Waals surface area contributed by atoms with E-state index in [4.69, 9.17) is 20.9 Å². The molecule has 1 aromatic rings. The lowest BCUT2D eigenvalue weighted by Crippen LogP contribution is -2.51. The number of carbonyl (C=O) groups is 2. The third-order valence-corrected chi connectivity index (χ3v) is 4.37. The summed E-state index contributed by atoms with van der Waals surface area (Å²) in [7, 11) is 1.49. The predicted octanol–water partition coefficient (Wildman–Crippen LogP) is 1.83. The van der Waals surface area contributed by atoms with Crippen molar-refractivity contribution < 1.29 is 19.1 Å². The summed E-state index contributed by atoms with van der Waals surface area (Å²) in [4.78, 5) is 23.5. The summed E-state index contributed by atoms with van der Waals surface area (Å²) >= 11 is 0. The van der Waals surface area contributed by atoms with E-state index in [1.165, 1.54) is 7.11 Å². The average molecular weight is 372 g/mol. The molecule has 8 heteroatoms. The Hall–Kier alpha value is -1.99. The molecule has 1 fully saturated rings. The molecule has 1 aliphatic rings. The molecule has 1 saturated carbocycles. The molecule has 7 nitrogen and oxygen atoms in total. The van der Waals surface area contributed by atoms with Crippen molar-refractivity contribution in [1.82, 2.24) is 0 Å². The van der Waals surface area contributed by atoms with Crippen LogP contribution in [0, 0.1) is 5.92 Å². The van der Waals surface area contributed by atoms with E-state index in [0.717, 1.165) is 25.7 Å². The van der Waals surface area contributed by atoms with Gasteiger partial charge in [0, 0.05) is 17.3 Å². The highest BCUT2D eigenvalue weighted by atomic mass is 35.5. The number of amides is 2. The fourth-order valence-corrected chi connectivity index (χ4v) is 3.03. The quantitative estimate of drug-likeness (QED) is 0.705. The van der Waals surface area contributed by atoms with Gasteiger partial charge >= 0.3 is 0 Å². The summed E-state index contributed by atoms with van der Waals surface area (Å²) in [6.45, 7) is 1.66. The third kappa shape index (κ3) is 5.51. The van der Waals surface area contributed by atoms with Crippen molar-refractivity contribution in [3.63, 3.8) is 0 Å². The number of rotatable bonds is 6. The Morgan fingerprint density at radius 2 is 2.04 bits per heavy atom. The third-order valence-electron chi connectivity index (χ3n) is 4.37. The summed E-state index contributed by atoms with van der Waals surface area (Å²) < 4.78 is 10.5. The fourth-order valence-electron chi connectivity index (χ4n) is 3.03. The van der Waals surface area contributed by atoms with Gasteiger partial charge in [-0.1, -0.05) is 12.8 Å². The van der Waals surface area contributed by atoms with E-state index in [-0.39, 0.29) is 30.8 Å². The van der Waals surface area contributed by atoms with Gasteiger partial charge in [0.2, 0.25) is 5.91 Å². The number of methoxy groups -OCH3 is 1. The lowest BCUT2D eigenvalue weighted by atomic mass is 9.74. The molecule has 0 aliphatic heterocycles. The van der Waals surface area contributed by atoms with E-state index in [9.17, 15) is 9.59 Å². The number of hydrogen-bond donors (Lipinski definition) is 3. The van der Waals surface area contributed by atoms with E-state index in [0.29, 0.717) is 17.2 Å². The number of anilines is 1. The zero-order valence-corrected chi connectivity index (χ0v) is 15.4. The normalized spacial score (nSPS) is 22.4. The molecule has 140 valence electrons. The molecule has 1 aromatic carbocycles. The van der Waals surface area contributed by atoms with Gasteiger partial charge < -0.3 is 26.3 Å². The Morgan fingerprint density at radius 1 is 1.32 bits per heavy atom. The van der Waals surface area contributed by atoms with Crippen LogP contribution in [0.25, 0.3) is 0 Å². The number of ether oxygens (including phenoxy) is 2. The molecule has 2 unspecified atom stereocenters. The highest BCUT2D eigenvalue weighted by molar-refractivity contribution is 5.93. The SMILES string of the molecule is COc1ccc(NC(=O)C2CCCCC2(C)N)cc1OCC(N)=O.Cl. The van der Waals surface area contributed by atoms with Gasteiger partial charge in [-0.05, 0) is 31.9 Å². The van der Waals surface area contributed by atoms with Gasteiger partial charge in [0.05, 0.1) is 13.0 Å². The second kappa shape index (κ2) is 8.92. The summed E-state index contributed by atoms with van der Waals surface area (Å²) in [5.74, 6) is -0.134. The maximum atomic E-state index is 12.6. The first-order valence-corrected chi connectivity index (χ1v) is 8.02. The first-order valence-electron chi connectivity index (χ1n) is 8.02. The fraction of sp³-hybridized carbons (Fsp3) is 0.529. The van der Waals surface area contributed by atoms with Crippen LogP contribution in [-0.2, 0) is 9.59 Å². The van der Waals surface area contributed by atoms with Crippen molar-refractivity contribution in [3.05, 3.63) is 18.2 Å². The number of nitrogens with one attached hydrogen (secondary N) is 1. The number of hydrogen-bond acceptors (Lipinski definition) is 5. The number of halogens is 1. The first kappa shape index (κ1) is 21.1. The standard InChI is InChI=1S/C17H25N3O4.ClH/c1-17(19)8-4-3-5-12(17)16(22)20-11-6-7-13(23-2)14(9-11)24-10-15(18)21;/h6-7,9,12H,3-5,8,10,19H2,1-2H3,(H2,18,21)(H,20,22);1H. The predicted molar refractivity (Wildman–Crippen MR) is 98.1 cm³/mol. The van der Waals surface area contributed by atoms with Gasteiger partial charge in [0.15, 0.2) is 18.1 Å². The van der Waals surface area contributed by atoms with Crippen molar-refractivity contribution in [2.45, 2.75) is 38.1 Å². The lowest BCUT2D eigenvalue weighted by molar-refractivity contribution is -0.123. The zero-order valence-electron chi connectivity index (χ0n) is 14.5. The zero-order chi connectivity index (χ0) is 17.7. The van der Waals surface area contributed by atoms with Crippen LogP contribution in [0.15, 0.2) is 18.2 Å². The number of carbonyl (C=O) groups excluding carboxylic acids is 2. The van der Waals surface area contributed by atoms with Crippen LogP contribution in [0.4, 0.5) is 5.69 Å². The second-order valence-corrected chi connectivity index (χ2v) is 6.41. The van der Waals surface area contributed by atoms with Crippen molar-refractivity contribution >= 4 is 29.9 Å². The van der Waals surface area contributed by atoms with E-state index in [1.54, 1.807) is 18.2 Å². The maximum Gasteiger partial charge on any atom is 0.255 e. The molecule has 2 rings (SSSR count). The monoisotopic (exact) mass is 371 g/mol. The molecule has 0 bridgehead atoms. The van der Waals surface area contributed by atoms with Gasteiger partial charge in [0.1, 0.15) is 0 Å². The van der Waals surface area contributed by atoms with Crippen LogP contribution in [0.5, 0.6) is 11.5 Å². The molecular weight excluding hydrogens is 346 g/mol. The van der Waals surface area contributed by atoms with Crippen molar-refractivity contribution in [3.8, 4) is 11.5 Å². The largest absolute Gasteiger partial charge is 0.493 e. The molecule has 0 radical (unpaired) electrons. The topological polar surface area (TPSA) is 117 Å². The van der Waals surface area contributed by atoms with E-state index < -0.39 is 11.4 Å². The first-order chi connectivity index (χ1) is 11.3. The summed E-state index contributed by atoms with van der Waals surface area (Å²) in [5, 5.41) is 2.88. The summed E-state index contributed by atoms with van der Waals surface area (Å²) in [6, 6.07) is 4.98. The minimum absolute atomic E-state index is 0. The molecule has 2 atom stereocenters. The molecular formula is C17H26ClN3O4. The highest BCUT2D eigenvalue weighted by Gasteiger charge is 2.37. The van der Waals surface area contributed by atoms with Gasteiger partial charge in [-0.2, -0.15) is 0 Å².